The molecule has 0 bridgehead atoms. The van der Waals surface area contributed by atoms with Crippen LogP contribution in [0.25, 0.3) is 0 Å². The SMILES string of the molecule is O=C(C[C@@H]1C=CS(=O)(=O)C1)N[C@@H]1CC[C@@H]2CCCC[C@@H]2C1. The molecule has 0 aromatic heterocycles. The van der Waals surface area contributed by atoms with Gasteiger partial charge in [-0.15, -0.1) is 0 Å². The summed E-state index contributed by atoms with van der Waals surface area (Å²) in [6.07, 6.45) is 10.8. The molecule has 21 heavy (non-hydrogen) atoms. The van der Waals surface area contributed by atoms with E-state index >= 15 is 0 Å². The summed E-state index contributed by atoms with van der Waals surface area (Å²) in [7, 11) is -3.05. The zero-order chi connectivity index (χ0) is 14.9. The standard InChI is InChI=1S/C16H25NO3S/c18-16(9-12-7-8-21(19,20)11-12)17-15-6-5-13-3-1-2-4-14(13)10-15/h7-8,12-15H,1-6,9-11H2,(H,17,18)/t12-,13-,14+,15+/m0/s1. The van der Waals surface area contributed by atoms with Crippen molar-refractivity contribution in [3.63, 3.8) is 0 Å². The third-order valence-corrected chi connectivity index (χ3v) is 6.82. The van der Waals surface area contributed by atoms with E-state index in [9.17, 15) is 13.2 Å². The fourth-order valence-corrected chi connectivity index (χ4v) is 5.69. The molecular formula is C16H25NO3S. The lowest BCUT2D eigenvalue weighted by atomic mass is 9.69. The molecule has 118 valence electrons. The molecule has 1 heterocycles. The lowest BCUT2D eigenvalue weighted by Gasteiger charge is -2.39. The molecule has 0 saturated heterocycles. The summed E-state index contributed by atoms with van der Waals surface area (Å²) in [5.41, 5.74) is 0. The molecule has 0 unspecified atom stereocenters. The van der Waals surface area contributed by atoms with Crippen molar-refractivity contribution in [2.45, 2.75) is 57.4 Å². The predicted molar refractivity (Wildman–Crippen MR) is 82.3 cm³/mol. The van der Waals surface area contributed by atoms with Crippen LogP contribution in [0.2, 0.25) is 0 Å². The average molecular weight is 311 g/mol. The number of fused-ring (bicyclic) bond motifs is 1. The van der Waals surface area contributed by atoms with E-state index in [4.69, 9.17) is 0 Å². The van der Waals surface area contributed by atoms with Gasteiger partial charge in [0.05, 0.1) is 5.75 Å². The number of allylic oxidation sites excluding steroid dienone is 1. The van der Waals surface area contributed by atoms with Gasteiger partial charge in [0.25, 0.3) is 0 Å². The first kappa shape index (κ1) is 15.1. The number of nitrogens with one attached hydrogen (secondary N) is 1. The summed E-state index contributed by atoms with van der Waals surface area (Å²) in [5, 5.41) is 4.39. The predicted octanol–water partition coefficient (Wildman–Crippen LogP) is 2.41. The van der Waals surface area contributed by atoms with Gasteiger partial charge in [-0.1, -0.05) is 31.8 Å². The molecule has 2 saturated carbocycles. The summed E-state index contributed by atoms with van der Waals surface area (Å²) in [5.74, 6) is 1.65. The molecule has 0 aromatic carbocycles. The molecular weight excluding hydrogens is 286 g/mol. The van der Waals surface area contributed by atoms with Crippen molar-refractivity contribution in [1.29, 1.82) is 0 Å². The van der Waals surface area contributed by atoms with Gasteiger partial charge in [-0.2, -0.15) is 0 Å². The van der Waals surface area contributed by atoms with E-state index in [1.165, 1.54) is 37.5 Å². The first-order chi connectivity index (χ1) is 10.0. The maximum atomic E-state index is 12.1. The molecule has 1 aliphatic heterocycles. The molecule has 2 fully saturated rings. The Morgan fingerprint density at radius 3 is 2.57 bits per heavy atom. The number of carbonyl (C=O) groups is 1. The molecule has 3 rings (SSSR count). The van der Waals surface area contributed by atoms with Crippen LogP contribution < -0.4 is 5.32 Å². The minimum absolute atomic E-state index is 0.0148. The Bertz CT molecular complexity index is 526. The number of sulfone groups is 1. The first-order valence-electron chi connectivity index (χ1n) is 8.22. The van der Waals surface area contributed by atoms with Crippen LogP contribution in [0, 0.1) is 17.8 Å². The number of hydrogen-bond donors (Lipinski definition) is 1. The van der Waals surface area contributed by atoms with Gasteiger partial charge >= 0.3 is 0 Å². The monoisotopic (exact) mass is 311 g/mol. The zero-order valence-corrected chi connectivity index (χ0v) is 13.3. The van der Waals surface area contributed by atoms with Crippen LogP contribution in [0.15, 0.2) is 11.5 Å². The van der Waals surface area contributed by atoms with E-state index in [2.05, 4.69) is 5.32 Å². The molecule has 4 nitrogen and oxygen atoms in total. The lowest BCUT2D eigenvalue weighted by molar-refractivity contribution is -0.122. The Labute approximate surface area is 127 Å². The van der Waals surface area contributed by atoms with Gasteiger partial charge < -0.3 is 5.32 Å². The van der Waals surface area contributed by atoms with E-state index < -0.39 is 9.84 Å². The summed E-state index contributed by atoms with van der Waals surface area (Å²) in [6, 6.07) is 0.304. The number of carbonyl (C=O) groups excluding carboxylic acids is 1. The Morgan fingerprint density at radius 2 is 1.86 bits per heavy atom. The highest BCUT2D eigenvalue weighted by molar-refractivity contribution is 7.94. The van der Waals surface area contributed by atoms with Gasteiger partial charge in [0.15, 0.2) is 9.84 Å². The molecule has 5 heteroatoms. The second kappa shape index (κ2) is 6.11. The van der Waals surface area contributed by atoms with Crippen molar-refractivity contribution in [3.8, 4) is 0 Å². The van der Waals surface area contributed by atoms with Gasteiger partial charge in [-0.05, 0) is 31.1 Å². The van der Waals surface area contributed by atoms with Crippen LogP contribution in [-0.4, -0.2) is 26.1 Å². The van der Waals surface area contributed by atoms with E-state index in [0.717, 1.165) is 24.7 Å². The third-order valence-electron chi connectivity index (χ3n) is 5.36. The molecule has 3 aliphatic rings. The molecule has 4 atom stereocenters. The Balaban J connectivity index is 1.46. The van der Waals surface area contributed by atoms with Gasteiger partial charge in [-0.25, -0.2) is 8.42 Å². The van der Waals surface area contributed by atoms with E-state index in [1.54, 1.807) is 6.08 Å². The molecule has 0 spiro atoms. The minimum atomic E-state index is -3.05. The maximum absolute atomic E-state index is 12.1. The van der Waals surface area contributed by atoms with Crippen LogP contribution in [0.3, 0.4) is 0 Å². The number of rotatable bonds is 3. The summed E-state index contributed by atoms with van der Waals surface area (Å²) < 4.78 is 22.7. The van der Waals surface area contributed by atoms with Crippen molar-refractivity contribution in [2.75, 3.05) is 5.75 Å². The maximum Gasteiger partial charge on any atom is 0.220 e. The highest BCUT2D eigenvalue weighted by Gasteiger charge is 2.33. The van der Waals surface area contributed by atoms with Gasteiger partial charge in [-0.3, -0.25) is 4.79 Å². The van der Waals surface area contributed by atoms with Crippen LogP contribution in [0.4, 0.5) is 0 Å². The molecule has 1 amide bonds. The van der Waals surface area contributed by atoms with Crippen LogP contribution in [0.5, 0.6) is 0 Å². The molecule has 1 N–H and O–H groups in total. The second-order valence-electron chi connectivity index (χ2n) is 7.00. The van der Waals surface area contributed by atoms with Crippen molar-refractivity contribution in [2.24, 2.45) is 17.8 Å². The lowest BCUT2D eigenvalue weighted by Crippen LogP contribution is -2.42. The molecule has 0 aromatic rings. The fourth-order valence-electron chi connectivity index (χ4n) is 4.30. The topological polar surface area (TPSA) is 63.2 Å². The Kier molecular flexibility index (Phi) is 4.38. The van der Waals surface area contributed by atoms with Crippen LogP contribution >= 0.6 is 0 Å². The van der Waals surface area contributed by atoms with Crippen LogP contribution in [-0.2, 0) is 14.6 Å². The normalized spacial score (nSPS) is 37.9. The quantitative estimate of drug-likeness (QED) is 0.870. The van der Waals surface area contributed by atoms with Gasteiger partial charge in [0, 0.05) is 23.8 Å². The van der Waals surface area contributed by atoms with Gasteiger partial charge in [0.1, 0.15) is 0 Å². The summed E-state index contributed by atoms with van der Waals surface area (Å²) in [4.78, 5) is 12.1. The van der Waals surface area contributed by atoms with Crippen molar-refractivity contribution in [3.05, 3.63) is 11.5 Å². The fraction of sp³-hybridized carbons (Fsp3) is 0.812. The summed E-state index contributed by atoms with van der Waals surface area (Å²) in [6.45, 7) is 0. The Hall–Kier alpha value is -0.840. The van der Waals surface area contributed by atoms with E-state index in [-0.39, 0.29) is 17.6 Å². The smallest absolute Gasteiger partial charge is 0.220 e. The average Bonchev–Trinajstić information content (AvgIpc) is 2.77. The first-order valence-corrected chi connectivity index (χ1v) is 9.94. The van der Waals surface area contributed by atoms with Crippen molar-refractivity contribution < 1.29 is 13.2 Å². The molecule has 2 aliphatic carbocycles. The summed E-state index contributed by atoms with van der Waals surface area (Å²) >= 11 is 0. The Morgan fingerprint density at radius 1 is 1.10 bits per heavy atom. The minimum Gasteiger partial charge on any atom is -0.353 e. The van der Waals surface area contributed by atoms with E-state index in [0.29, 0.717) is 12.5 Å². The second-order valence-corrected chi connectivity index (χ2v) is 8.94. The van der Waals surface area contributed by atoms with Crippen molar-refractivity contribution >= 4 is 15.7 Å². The highest BCUT2D eigenvalue weighted by atomic mass is 32.2. The van der Waals surface area contributed by atoms with Crippen LogP contribution in [0.1, 0.15) is 51.4 Å². The largest absolute Gasteiger partial charge is 0.353 e. The number of amides is 1. The number of hydrogen-bond acceptors (Lipinski definition) is 3. The van der Waals surface area contributed by atoms with E-state index in [1.807, 2.05) is 0 Å². The third kappa shape index (κ3) is 3.87. The highest BCUT2D eigenvalue weighted by Crippen LogP contribution is 2.40. The molecule has 0 radical (unpaired) electrons. The van der Waals surface area contributed by atoms with Crippen molar-refractivity contribution in [1.82, 2.24) is 5.32 Å². The zero-order valence-electron chi connectivity index (χ0n) is 12.5. The van der Waals surface area contributed by atoms with Gasteiger partial charge in [0.2, 0.25) is 5.91 Å².